The van der Waals surface area contributed by atoms with Crippen LogP contribution >= 0.6 is 0 Å². The van der Waals surface area contributed by atoms with Crippen LogP contribution in [0.1, 0.15) is 79.1 Å². The molecule has 2 aliphatic rings. The molecule has 1 saturated heterocycles. The highest BCUT2D eigenvalue weighted by Crippen LogP contribution is 2.40. The van der Waals surface area contributed by atoms with E-state index in [0.717, 1.165) is 37.1 Å². The van der Waals surface area contributed by atoms with Crippen molar-refractivity contribution in [1.29, 1.82) is 0 Å². The normalized spacial score (nSPS) is 21.3. The summed E-state index contributed by atoms with van der Waals surface area (Å²) in [5.74, 6) is 2.27. The Morgan fingerprint density at radius 2 is 1.84 bits per heavy atom. The number of aryl methyl sites for hydroxylation is 1. The maximum absolute atomic E-state index is 13.0. The molecule has 0 N–H and O–H groups in total. The zero-order valence-electron chi connectivity index (χ0n) is 18.4. The molecule has 0 bridgehead atoms. The fourth-order valence-electron chi connectivity index (χ4n) is 5.18. The summed E-state index contributed by atoms with van der Waals surface area (Å²) in [6.45, 7) is 1.29. The highest BCUT2D eigenvalue weighted by molar-refractivity contribution is 5.76. The molecule has 6 heteroatoms. The predicted molar refractivity (Wildman–Crippen MR) is 121 cm³/mol. The van der Waals surface area contributed by atoms with Gasteiger partial charge in [-0.15, -0.1) is 0 Å². The third-order valence-electron chi connectivity index (χ3n) is 6.98. The quantitative estimate of drug-likeness (QED) is 0.535. The maximum Gasteiger partial charge on any atom is 0.232 e. The average molecular weight is 431 g/mol. The van der Waals surface area contributed by atoms with E-state index in [2.05, 4.69) is 28.3 Å². The zero-order chi connectivity index (χ0) is 21.8. The van der Waals surface area contributed by atoms with Gasteiger partial charge in [-0.2, -0.15) is 4.98 Å². The van der Waals surface area contributed by atoms with Gasteiger partial charge >= 0.3 is 0 Å². The Bertz CT molecular complexity index is 1010. The summed E-state index contributed by atoms with van der Waals surface area (Å²) in [7, 11) is 0. The predicted octanol–water partition coefficient (Wildman–Crippen LogP) is 4.85. The first-order chi connectivity index (χ1) is 15.8. The van der Waals surface area contributed by atoms with Gasteiger partial charge in [-0.05, 0) is 42.9 Å². The van der Waals surface area contributed by atoms with Crippen molar-refractivity contribution in [2.24, 2.45) is 0 Å². The van der Waals surface area contributed by atoms with E-state index < -0.39 is 0 Å². The summed E-state index contributed by atoms with van der Waals surface area (Å²) in [6, 6.07) is 14.4. The van der Waals surface area contributed by atoms with Gasteiger partial charge in [0.25, 0.3) is 0 Å². The minimum Gasteiger partial charge on any atom is -0.341 e. The molecule has 1 aliphatic heterocycles. The Morgan fingerprint density at radius 3 is 2.62 bits per heavy atom. The minimum atomic E-state index is 0.0138. The Balaban J connectivity index is 1.29. The molecular formula is C26H30N4O2. The Labute approximate surface area is 189 Å². The van der Waals surface area contributed by atoms with E-state index in [1.54, 1.807) is 6.20 Å². The van der Waals surface area contributed by atoms with Gasteiger partial charge in [0.05, 0.1) is 5.92 Å². The minimum absolute atomic E-state index is 0.0138. The molecule has 0 spiro atoms. The number of hydrogen-bond acceptors (Lipinski definition) is 5. The second-order valence-corrected chi connectivity index (χ2v) is 9.11. The second kappa shape index (κ2) is 9.63. The van der Waals surface area contributed by atoms with E-state index in [1.807, 2.05) is 35.4 Å². The largest absolute Gasteiger partial charge is 0.341 e. The molecule has 1 aliphatic carbocycles. The molecule has 32 heavy (non-hydrogen) atoms. The highest BCUT2D eigenvalue weighted by Gasteiger charge is 2.40. The summed E-state index contributed by atoms with van der Waals surface area (Å²) in [5.41, 5.74) is 2.40. The van der Waals surface area contributed by atoms with Gasteiger partial charge in [-0.3, -0.25) is 9.78 Å². The molecule has 2 unspecified atom stereocenters. The van der Waals surface area contributed by atoms with Crippen LogP contribution in [0.2, 0.25) is 0 Å². The van der Waals surface area contributed by atoms with Gasteiger partial charge in [0.15, 0.2) is 5.82 Å². The molecule has 2 fully saturated rings. The molecule has 3 heterocycles. The summed E-state index contributed by atoms with van der Waals surface area (Å²) in [4.78, 5) is 24.1. The van der Waals surface area contributed by atoms with Gasteiger partial charge in [0, 0.05) is 43.7 Å². The van der Waals surface area contributed by atoms with Gasteiger partial charge < -0.3 is 9.42 Å². The first-order valence-electron chi connectivity index (χ1n) is 11.8. The molecule has 166 valence electrons. The van der Waals surface area contributed by atoms with Crippen molar-refractivity contribution in [1.82, 2.24) is 20.0 Å². The van der Waals surface area contributed by atoms with Crippen molar-refractivity contribution >= 4 is 5.91 Å². The SMILES string of the molecule is O=C(CCCc1ccccc1)N1CC(c2cccnc2)C(c2nc(C3CCCC3)no2)C1. The van der Waals surface area contributed by atoms with Crippen molar-refractivity contribution < 1.29 is 9.32 Å². The summed E-state index contributed by atoms with van der Waals surface area (Å²) in [5, 5.41) is 4.32. The van der Waals surface area contributed by atoms with E-state index in [0.29, 0.717) is 31.3 Å². The molecule has 3 aromatic rings. The van der Waals surface area contributed by atoms with Crippen LogP contribution in [-0.4, -0.2) is 39.0 Å². The molecule has 2 aromatic heterocycles. The number of benzene rings is 1. The van der Waals surface area contributed by atoms with Crippen molar-refractivity contribution in [3.05, 3.63) is 77.7 Å². The standard InChI is InChI=1S/C26H30N4O2/c31-24(14-6-10-19-8-2-1-3-9-19)30-17-22(21-13-7-15-27-16-21)23(18-30)26-28-25(29-32-26)20-11-4-5-12-20/h1-3,7-9,13,15-16,20,22-23H,4-6,10-12,14,17-18H2. The molecule has 2 atom stereocenters. The van der Waals surface area contributed by atoms with Crippen molar-refractivity contribution in [3.63, 3.8) is 0 Å². The summed E-state index contributed by atoms with van der Waals surface area (Å²) < 4.78 is 5.76. The molecule has 1 amide bonds. The number of likely N-dealkylation sites (tertiary alicyclic amines) is 1. The van der Waals surface area contributed by atoms with Gasteiger partial charge in [-0.1, -0.05) is 54.4 Å². The molecule has 5 rings (SSSR count). The Morgan fingerprint density at radius 1 is 1.03 bits per heavy atom. The number of pyridine rings is 1. The summed E-state index contributed by atoms with van der Waals surface area (Å²) in [6.07, 6.45) is 10.8. The van der Waals surface area contributed by atoms with Crippen LogP contribution in [0.15, 0.2) is 59.4 Å². The van der Waals surface area contributed by atoms with E-state index in [-0.39, 0.29) is 17.7 Å². The van der Waals surface area contributed by atoms with Crippen LogP contribution in [-0.2, 0) is 11.2 Å². The third kappa shape index (κ3) is 4.59. The van der Waals surface area contributed by atoms with Crippen LogP contribution in [0, 0.1) is 0 Å². The Kier molecular flexibility index (Phi) is 6.28. The summed E-state index contributed by atoms with van der Waals surface area (Å²) >= 11 is 0. The van der Waals surface area contributed by atoms with E-state index in [1.165, 1.54) is 18.4 Å². The first-order valence-corrected chi connectivity index (χ1v) is 11.8. The van der Waals surface area contributed by atoms with Crippen LogP contribution in [0.25, 0.3) is 0 Å². The molecule has 0 radical (unpaired) electrons. The lowest BCUT2D eigenvalue weighted by Crippen LogP contribution is -2.28. The zero-order valence-corrected chi connectivity index (χ0v) is 18.4. The van der Waals surface area contributed by atoms with Crippen molar-refractivity contribution in [2.75, 3.05) is 13.1 Å². The van der Waals surface area contributed by atoms with Crippen molar-refractivity contribution in [2.45, 2.75) is 62.7 Å². The average Bonchev–Trinajstić information content (AvgIpc) is 3.60. The topological polar surface area (TPSA) is 72.1 Å². The number of carbonyl (C=O) groups is 1. The number of carbonyl (C=O) groups excluding carboxylic acids is 1. The third-order valence-corrected chi connectivity index (χ3v) is 6.98. The second-order valence-electron chi connectivity index (χ2n) is 9.11. The van der Waals surface area contributed by atoms with Crippen LogP contribution in [0.4, 0.5) is 0 Å². The van der Waals surface area contributed by atoms with Crippen LogP contribution in [0.3, 0.4) is 0 Å². The van der Waals surface area contributed by atoms with E-state index in [9.17, 15) is 4.79 Å². The molecule has 1 aromatic carbocycles. The number of aromatic nitrogens is 3. The monoisotopic (exact) mass is 430 g/mol. The van der Waals surface area contributed by atoms with E-state index in [4.69, 9.17) is 9.51 Å². The lowest BCUT2D eigenvalue weighted by molar-refractivity contribution is -0.130. The fourth-order valence-corrected chi connectivity index (χ4v) is 5.18. The van der Waals surface area contributed by atoms with Gasteiger partial charge in [0.1, 0.15) is 0 Å². The number of rotatable bonds is 7. The number of hydrogen-bond donors (Lipinski definition) is 0. The number of amides is 1. The number of nitrogens with zero attached hydrogens (tertiary/aromatic N) is 4. The first kappa shape index (κ1) is 20.9. The fraction of sp³-hybridized carbons (Fsp3) is 0.462. The van der Waals surface area contributed by atoms with Gasteiger partial charge in [0.2, 0.25) is 11.8 Å². The lowest BCUT2D eigenvalue weighted by atomic mass is 9.90. The van der Waals surface area contributed by atoms with Crippen LogP contribution in [0.5, 0.6) is 0 Å². The molecule has 6 nitrogen and oxygen atoms in total. The maximum atomic E-state index is 13.0. The van der Waals surface area contributed by atoms with Crippen molar-refractivity contribution in [3.8, 4) is 0 Å². The van der Waals surface area contributed by atoms with Gasteiger partial charge in [-0.25, -0.2) is 0 Å². The highest BCUT2D eigenvalue weighted by atomic mass is 16.5. The molecular weight excluding hydrogens is 400 g/mol. The Hall–Kier alpha value is -3.02. The van der Waals surface area contributed by atoms with E-state index >= 15 is 0 Å². The lowest BCUT2D eigenvalue weighted by Gasteiger charge is -2.16. The van der Waals surface area contributed by atoms with Crippen LogP contribution < -0.4 is 0 Å². The molecule has 1 saturated carbocycles. The smallest absolute Gasteiger partial charge is 0.232 e.